The zero-order valence-electron chi connectivity index (χ0n) is 36.1. The second-order valence-corrected chi connectivity index (χ2v) is 16.4. The summed E-state index contributed by atoms with van der Waals surface area (Å²) in [6, 6.07) is 24.8. The van der Waals surface area contributed by atoms with Crippen molar-refractivity contribution in [2.24, 2.45) is 0 Å². The molecule has 0 saturated carbocycles. The average molecular weight is 835 g/mol. The number of carbonyl (C=O) groups excluding carboxylic acids is 2. The van der Waals surface area contributed by atoms with Crippen LogP contribution in [-0.2, 0) is 41.6 Å². The second-order valence-electron chi connectivity index (χ2n) is 16.4. The lowest BCUT2D eigenvalue weighted by Crippen LogP contribution is -2.71. The van der Waals surface area contributed by atoms with E-state index in [0.717, 1.165) is 116 Å². The van der Waals surface area contributed by atoms with Crippen LogP contribution in [0.2, 0.25) is 0 Å². The Hall–Kier alpha value is -7.60. The van der Waals surface area contributed by atoms with Crippen LogP contribution in [0.5, 0.6) is 0 Å². The van der Waals surface area contributed by atoms with Crippen LogP contribution in [0.4, 0.5) is 0 Å². The number of hydrogen-bond acceptors (Lipinski definition) is 4. The van der Waals surface area contributed by atoms with E-state index in [1.165, 1.54) is 14.2 Å². The summed E-state index contributed by atoms with van der Waals surface area (Å²) in [5, 5.41) is 2.17. The molecule has 0 amide bonds. The summed E-state index contributed by atoms with van der Waals surface area (Å²) < 4.78 is 29.9. The Bertz CT molecular complexity index is 3380. The fourth-order valence-electron chi connectivity index (χ4n) is 11.1. The number of nitrogens with zero attached hydrogens (tertiary/aromatic N) is 8. The third kappa shape index (κ3) is 4.49. The van der Waals surface area contributed by atoms with Gasteiger partial charge in [-0.1, -0.05) is 33.4 Å². The number of aryl methyl sites for hydroxylation is 4. The Morgan fingerprint density at radius 2 is 1.00 bits per heavy atom. The van der Waals surface area contributed by atoms with Crippen LogP contribution in [-0.4, -0.2) is 65.0 Å². The molecule has 0 bridgehead atoms. The number of imidazole rings is 2. The lowest BCUT2D eigenvalue weighted by Gasteiger charge is -2.40. The minimum absolute atomic E-state index is 0.367. The number of methoxy groups -OCH3 is 2. The highest BCUT2D eigenvalue weighted by atomic mass is 16.5. The van der Waals surface area contributed by atoms with Crippen LogP contribution < -0.4 is 19.8 Å². The molecule has 6 aliphatic rings. The maximum Gasteiger partial charge on any atom is 0.553 e. The second kappa shape index (κ2) is 13.2. The van der Waals surface area contributed by atoms with E-state index in [9.17, 15) is 9.59 Å². The van der Waals surface area contributed by atoms with Gasteiger partial charge < -0.3 is 9.47 Å². The standard InChI is InChI=1S/C51H46N8O4/c1-7-52-27-28-53(8-2)47(52)45-39-23-19-35-43(31-11-15-33(16-12-31)49(60)62-5)37-21-25-41-46(48-54(9-3)29-30-55(48)10-4)42-26-22-38-44(32-13-17-34(18-14-32)50(61)63-6)36-20-24-40(45)57(36)51(56(35)39,58(37)41)59(38)42/h11-30H,7-10H2,1-6H3/q+4. The van der Waals surface area contributed by atoms with E-state index >= 15 is 0 Å². The fourth-order valence-corrected chi connectivity index (χ4v) is 11.1. The first kappa shape index (κ1) is 37.2. The van der Waals surface area contributed by atoms with E-state index in [0.29, 0.717) is 11.1 Å². The molecule has 1 unspecified atom stereocenters. The van der Waals surface area contributed by atoms with Crippen molar-refractivity contribution >= 4 is 45.7 Å². The van der Waals surface area contributed by atoms with E-state index < -0.39 is 5.91 Å². The van der Waals surface area contributed by atoms with Gasteiger partial charge in [-0.25, -0.2) is 27.9 Å². The fraction of sp³-hybridized carbons (Fsp3) is 0.216. The highest BCUT2D eigenvalue weighted by Crippen LogP contribution is 2.52. The molecule has 12 nitrogen and oxygen atoms in total. The maximum atomic E-state index is 12.7. The summed E-state index contributed by atoms with van der Waals surface area (Å²) in [5.74, 6) is 0.565. The number of carbonyl (C=O) groups is 2. The van der Waals surface area contributed by atoms with Gasteiger partial charge in [-0.05, 0) is 87.4 Å². The first-order chi connectivity index (χ1) is 30.8. The van der Waals surface area contributed by atoms with Crippen molar-refractivity contribution in [2.75, 3.05) is 14.2 Å². The zero-order chi connectivity index (χ0) is 43.1. The Morgan fingerprint density at radius 3 is 1.51 bits per heavy atom. The molecule has 63 heavy (non-hydrogen) atoms. The summed E-state index contributed by atoms with van der Waals surface area (Å²) >= 11 is 0. The van der Waals surface area contributed by atoms with Crippen molar-refractivity contribution in [3.8, 4) is 0 Å². The quantitative estimate of drug-likeness (QED) is 0.153. The lowest BCUT2D eigenvalue weighted by molar-refractivity contribution is -0.834. The molecule has 0 fully saturated rings. The summed E-state index contributed by atoms with van der Waals surface area (Å²) in [6.45, 7) is 12.0. The van der Waals surface area contributed by atoms with E-state index in [1.807, 2.05) is 48.5 Å². The predicted molar refractivity (Wildman–Crippen MR) is 235 cm³/mol. The summed E-state index contributed by atoms with van der Waals surface area (Å²) in [6.07, 6.45) is 17.9. The van der Waals surface area contributed by atoms with Gasteiger partial charge in [-0.3, -0.25) is 0 Å². The molecule has 10 heterocycles. The van der Waals surface area contributed by atoms with Crippen LogP contribution in [0.1, 0.15) is 82.6 Å². The van der Waals surface area contributed by atoms with Crippen molar-refractivity contribution < 1.29 is 37.3 Å². The highest BCUT2D eigenvalue weighted by Gasteiger charge is 2.73. The first-order valence-electron chi connectivity index (χ1n) is 21.8. The molecule has 1 atom stereocenters. The van der Waals surface area contributed by atoms with Gasteiger partial charge >= 0.3 is 17.8 Å². The van der Waals surface area contributed by atoms with E-state index in [-0.39, 0.29) is 11.9 Å². The summed E-state index contributed by atoms with van der Waals surface area (Å²) in [4.78, 5) is 25.4. The van der Waals surface area contributed by atoms with Gasteiger partial charge in [0.2, 0.25) is 22.8 Å². The Labute approximate surface area is 363 Å². The van der Waals surface area contributed by atoms with Crippen LogP contribution in [0.3, 0.4) is 0 Å². The number of aromatic nitrogens is 6. The molecule has 12 rings (SSSR count). The molecule has 310 valence electrons. The van der Waals surface area contributed by atoms with E-state index in [1.54, 1.807) is 0 Å². The van der Waals surface area contributed by atoms with Crippen LogP contribution >= 0.6 is 0 Å². The Balaban J connectivity index is 1.29. The molecular formula is C51H46N8O4+4. The molecule has 0 saturated heterocycles. The topological polar surface area (TPSA) is 86.1 Å². The average Bonchev–Trinajstić information content (AvgIpc) is 4.20. The van der Waals surface area contributed by atoms with Crippen LogP contribution in [0.25, 0.3) is 22.3 Å². The van der Waals surface area contributed by atoms with E-state index in [4.69, 9.17) is 9.47 Å². The Morgan fingerprint density at radius 1 is 0.540 bits per heavy atom. The van der Waals surface area contributed by atoms with Gasteiger partial charge in [0.15, 0.2) is 11.1 Å². The van der Waals surface area contributed by atoms with Crippen molar-refractivity contribution in [1.82, 2.24) is 18.3 Å². The monoisotopic (exact) mass is 834 g/mol. The van der Waals surface area contributed by atoms with Gasteiger partial charge in [0.05, 0.1) is 84.8 Å². The van der Waals surface area contributed by atoms with Crippen LogP contribution in [0, 0.1) is 0 Å². The summed E-state index contributed by atoms with van der Waals surface area (Å²) in [7, 11) is 2.83. The zero-order valence-corrected chi connectivity index (χ0v) is 36.1. The van der Waals surface area contributed by atoms with Crippen molar-refractivity contribution in [3.05, 3.63) is 189 Å². The number of allylic oxidation sites excluding steroid dienone is 4. The molecule has 1 spiro atoms. The van der Waals surface area contributed by atoms with Crippen molar-refractivity contribution in [1.29, 1.82) is 0 Å². The number of ether oxygens (including phenoxy) is 2. The van der Waals surface area contributed by atoms with Crippen molar-refractivity contribution in [3.63, 3.8) is 0 Å². The number of rotatable bonds is 10. The highest BCUT2D eigenvalue weighted by molar-refractivity contribution is 6.29. The van der Waals surface area contributed by atoms with Gasteiger partial charge in [-0.2, -0.15) is 9.13 Å². The number of esters is 2. The lowest BCUT2D eigenvalue weighted by atomic mass is 9.94. The maximum absolute atomic E-state index is 12.7. The molecule has 6 aromatic rings. The molecule has 2 aromatic carbocycles. The first-order valence-corrected chi connectivity index (χ1v) is 21.8. The number of hydrogen-bond donors (Lipinski definition) is 0. The van der Waals surface area contributed by atoms with E-state index in [2.05, 4.69) is 138 Å². The third-order valence-electron chi connectivity index (χ3n) is 13.7. The summed E-state index contributed by atoms with van der Waals surface area (Å²) in [5.41, 5.74) is 13.9. The molecule has 4 aromatic heterocycles. The largest absolute Gasteiger partial charge is 0.553 e. The molecule has 6 aliphatic heterocycles. The smallest absolute Gasteiger partial charge is 0.465 e. The van der Waals surface area contributed by atoms with Crippen molar-refractivity contribution in [2.45, 2.75) is 59.8 Å². The minimum Gasteiger partial charge on any atom is -0.465 e. The van der Waals surface area contributed by atoms with Gasteiger partial charge in [0, 0.05) is 24.3 Å². The van der Waals surface area contributed by atoms with Gasteiger partial charge in [-0.15, -0.1) is 0 Å². The molecule has 0 radical (unpaired) electrons. The Kier molecular flexibility index (Phi) is 7.79. The molecule has 0 N–H and O–H groups in total. The molecule has 0 aliphatic carbocycles. The minimum atomic E-state index is -0.968. The molecular weight excluding hydrogens is 789 g/mol. The molecule has 12 heteroatoms. The van der Waals surface area contributed by atoms with Gasteiger partial charge in [0.1, 0.15) is 24.8 Å². The third-order valence-corrected chi connectivity index (χ3v) is 13.7. The SMILES string of the molecule is CCn1cc[n+](CC)c1C1=C2C=CC3=[N+]2C24n5c(ccc51)C(c1ccc(C(=O)OC)cc1)=C1C=CC(=[N+]12)C(c1n(CC)cc[n+]1CC)=c1ccc(n14)=C3c1ccc(C(=O)OC)cc1. The normalized spacial score (nSPS) is 18.3. The van der Waals surface area contributed by atoms with Crippen LogP contribution in [0.15, 0.2) is 133 Å². The van der Waals surface area contributed by atoms with Gasteiger partial charge in [0.25, 0.3) is 11.6 Å². The predicted octanol–water partition coefficient (Wildman–Crippen LogP) is 4.25. The number of benzene rings is 2.